The minimum absolute atomic E-state index is 0.306. The monoisotopic (exact) mass is 244 g/mol. The van der Waals surface area contributed by atoms with Gasteiger partial charge in [-0.2, -0.15) is 0 Å². The fraction of sp³-hybridized carbons (Fsp3) is 0.500. The first kappa shape index (κ1) is 11.7. The molecule has 1 aliphatic heterocycles. The molecule has 4 heteroatoms. The van der Waals surface area contributed by atoms with Crippen LogP contribution < -0.4 is 5.73 Å². The topological polar surface area (TPSA) is 46.6 Å². The molecule has 1 fully saturated rings. The summed E-state index contributed by atoms with van der Waals surface area (Å²) in [6, 6.07) is 6.92. The van der Waals surface area contributed by atoms with Crippen LogP contribution in [0.3, 0.4) is 0 Å². The first-order chi connectivity index (χ1) is 8.66. The van der Waals surface area contributed by atoms with Crippen LogP contribution in [0.25, 0.3) is 5.65 Å². The van der Waals surface area contributed by atoms with Crippen LogP contribution in [-0.4, -0.2) is 33.9 Å². The lowest BCUT2D eigenvalue weighted by atomic mass is 9.96. The van der Waals surface area contributed by atoms with Gasteiger partial charge in [0, 0.05) is 11.7 Å². The normalized spacial score (nSPS) is 25.7. The van der Waals surface area contributed by atoms with E-state index in [9.17, 15) is 0 Å². The minimum atomic E-state index is 0.306. The van der Waals surface area contributed by atoms with Gasteiger partial charge in [-0.3, -0.25) is 9.30 Å². The van der Waals surface area contributed by atoms with E-state index in [0.717, 1.165) is 25.0 Å². The Labute approximate surface area is 107 Å². The Kier molecular flexibility index (Phi) is 2.84. The summed E-state index contributed by atoms with van der Waals surface area (Å²) in [5.41, 5.74) is 9.64. The fourth-order valence-corrected chi connectivity index (χ4v) is 2.92. The lowest BCUT2D eigenvalue weighted by Crippen LogP contribution is -2.40. The summed E-state index contributed by atoms with van der Waals surface area (Å²) in [6.07, 6.45) is 4.10. The van der Waals surface area contributed by atoms with Crippen molar-refractivity contribution in [2.45, 2.75) is 31.8 Å². The Hall–Kier alpha value is -1.39. The number of pyridine rings is 1. The molecule has 3 rings (SSSR count). The molecule has 0 radical (unpaired) electrons. The SMILES string of the molecule is Cc1cccc2ncc(C3CC(N)CCN3C)n12. The average Bonchev–Trinajstić information content (AvgIpc) is 2.77. The molecule has 0 amide bonds. The van der Waals surface area contributed by atoms with Crippen molar-refractivity contribution < 1.29 is 0 Å². The Bertz CT molecular complexity index is 560. The molecule has 4 nitrogen and oxygen atoms in total. The highest BCUT2D eigenvalue weighted by molar-refractivity contribution is 5.43. The van der Waals surface area contributed by atoms with Crippen LogP contribution in [0.15, 0.2) is 24.4 Å². The summed E-state index contributed by atoms with van der Waals surface area (Å²) < 4.78 is 2.25. The molecular weight excluding hydrogens is 224 g/mol. The van der Waals surface area contributed by atoms with Crippen molar-refractivity contribution in [1.29, 1.82) is 0 Å². The number of nitrogens with two attached hydrogens (primary N) is 1. The molecule has 18 heavy (non-hydrogen) atoms. The quantitative estimate of drug-likeness (QED) is 0.831. The van der Waals surface area contributed by atoms with E-state index in [0.29, 0.717) is 12.1 Å². The van der Waals surface area contributed by atoms with Crippen molar-refractivity contribution >= 4 is 5.65 Å². The van der Waals surface area contributed by atoms with Crippen molar-refractivity contribution in [2.24, 2.45) is 5.73 Å². The van der Waals surface area contributed by atoms with Crippen LogP contribution in [0.2, 0.25) is 0 Å². The van der Waals surface area contributed by atoms with Gasteiger partial charge in [0.1, 0.15) is 5.65 Å². The van der Waals surface area contributed by atoms with Crippen LogP contribution in [0.1, 0.15) is 30.3 Å². The lowest BCUT2D eigenvalue weighted by molar-refractivity contribution is 0.167. The highest BCUT2D eigenvalue weighted by Gasteiger charge is 2.27. The summed E-state index contributed by atoms with van der Waals surface area (Å²) in [7, 11) is 2.17. The molecule has 2 N–H and O–H groups in total. The fourth-order valence-electron chi connectivity index (χ4n) is 2.92. The largest absolute Gasteiger partial charge is 0.328 e. The standard InChI is InChI=1S/C14H20N4/c1-10-4-3-5-14-16-9-13(18(10)14)12-8-11(15)6-7-17(12)2/h3-5,9,11-12H,6-8,15H2,1-2H3. The summed E-state index contributed by atoms with van der Waals surface area (Å²) in [5.74, 6) is 0. The zero-order valence-corrected chi connectivity index (χ0v) is 11.0. The number of rotatable bonds is 1. The molecule has 0 aromatic carbocycles. The number of likely N-dealkylation sites (tertiary alicyclic amines) is 1. The van der Waals surface area contributed by atoms with Gasteiger partial charge in [0.05, 0.1) is 17.9 Å². The van der Waals surface area contributed by atoms with Crippen LogP contribution in [0.4, 0.5) is 0 Å². The molecule has 0 aliphatic carbocycles. The van der Waals surface area contributed by atoms with Gasteiger partial charge in [-0.05, 0) is 45.5 Å². The van der Waals surface area contributed by atoms with Crippen molar-refractivity contribution in [3.8, 4) is 0 Å². The number of aromatic nitrogens is 2. The molecule has 1 saturated heterocycles. The zero-order chi connectivity index (χ0) is 12.7. The first-order valence-corrected chi connectivity index (χ1v) is 6.55. The van der Waals surface area contributed by atoms with E-state index in [1.165, 1.54) is 11.4 Å². The second-order valence-electron chi connectivity index (χ2n) is 5.32. The predicted octanol–water partition coefficient (Wildman–Crippen LogP) is 1.74. The number of imidazole rings is 1. The third-order valence-corrected chi connectivity index (χ3v) is 4.00. The second-order valence-corrected chi connectivity index (χ2v) is 5.32. The van der Waals surface area contributed by atoms with Gasteiger partial charge in [0.15, 0.2) is 0 Å². The summed E-state index contributed by atoms with van der Waals surface area (Å²) in [4.78, 5) is 6.90. The Morgan fingerprint density at radius 3 is 3.06 bits per heavy atom. The van der Waals surface area contributed by atoms with Gasteiger partial charge in [-0.1, -0.05) is 6.07 Å². The maximum atomic E-state index is 6.12. The Morgan fingerprint density at radius 1 is 1.39 bits per heavy atom. The zero-order valence-electron chi connectivity index (χ0n) is 11.0. The van der Waals surface area contributed by atoms with Crippen molar-refractivity contribution in [1.82, 2.24) is 14.3 Å². The molecule has 3 heterocycles. The highest BCUT2D eigenvalue weighted by Crippen LogP contribution is 2.29. The third-order valence-electron chi connectivity index (χ3n) is 4.00. The van der Waals surface area contributed by atoms with Crippen molar-refractivity contribution in [3.63, 3.8) is 0 Å². The van der Waals surface area contributed by atoms with Crippen LogP contribution in [-0.2, 0) is 0 Å². The molecule has 2 aromatic heterocycles. The van der Waals surface area contributed by atoms with Gasteiger partial charge in [-0.15, -0.1) is 0 Å². The molecule has 2 aromatic rings. The molecule has 2 atom stereocenters. The van der Waals surface area contributed by atoms with Gasteiger partial charge >= 0.3 is 0 Å². The van der Waals surface area contributed by atoms with E-state index < -0.39 is 0 Å². The molecule has 0 saturated carbocycles. The van der Waals surface area contributed by atoms with Crippen molar-refractivity contribution in [2.75, 3.05) is 13.6 Å². The molecule has 96 valence electrons. The molecule has 2 unspecified atom stereocenters. The number of hydrogen-bond acceptors (Lipinski definition) is 3. The predicted molar refractivity (Wildman–Crippen MR) is 72.5 cm³/mol. The van der Waals surface area contributed by atoms with E-state index in [1.807, 2.05) is 6.20 Å². The van der Waals surface area contributed by atoms with E-state index in [2.05, 4.69) is 46.5 Å². The van der Waals surface area contributed by atoms with Gasteiger partial charge in [0.2, 0.25) is 0 Å². The number of aryl methyl sites for hydroxylation is 1. The highest BCUT2D eigenvalue weighted by atomic mass is 15.2. The number of hydrogen-bond donors (Lipinski definition) is 1. The molecule has 0 spiro atoms. The summed E-state index contributed by atoms with van der Waals surface area (Å²) in [5, 5.41) is 0. The Balaban J connectivity index is 2.08. The summed E-state index contributed by atoms with van der Waals surface area (Å²) >= 11 is 0. The van der Waals surface area contributed by atoms with E-state index in [4.69, 9.17) is 5.73 Å². The van der Waals surface area contributed by atoms with Gasteiger partial charge < -0.3 is 5.73 Å². The van der Waals surface area contributed by atoms with Crippen LogP contribution in [0, 0.1) is 6.92 Å². The average molecular weight is 244 g/mol. The summed E-state index contributed by atoms with van der Waals surface area (Å²) in [6.45, 7) is 3.19. The maximum Gasteiger partial charge on any atom is 0.137 e. The minimum Gasteiger partial charge on any atom is -0.328 e. The van der Waals surface area contributed by atoms with E-state index in [-0.39, 0.29) is 0 Å². The maximum absolute atomic E-state index is 6.12. The molecule has 1 aliphatic rings. The number of piperidine rings is 1. The van der Waals surface area contributed by atoms with Crippen molar-refractivity contribution in [3.05, 3.63) is 35.8 Å². The third kappa shape index (κ3) is 1.82. The van der Waals surface area contributed by atoms with Crippen LogP contribution in [0.5, 0.6) is 0 Å². The van der Waals surface area contributed by atoms with Gasteiger partial charge in [0.25, 0.3) is 0 Å². The first-order valence-electron chi connectivity index (χ1n) is 6.55. The van der Waals surface area contributed by atoms with Gasteiger partial charge in [-0.25, -0.2) is 4.98 Å². The van der Waals surface area contributed by atoms with E-state index >= 15 is 0 Å². The van der Waals surface area contributed by atoms with Crippen LogP contribution >= 0.6 is 0 Å². The molecular formula is C14H20N4. The Morgan fingerprint density at radius 2 is 2.22 bits per heavy atom. The number of nitrogens with zero attached hydrogens (tertiary/aromatic N) is 3. The van der Waals surface area contributed by atoms with E-state index in [1.54, 1.807) is 0 Å². The second kappa shape index (κ2) is 4.37. The smallest absolute Gasteiger partial charge is 0.137 e. The number of fused-ring (bicyclic) bond motifs is 1. The lowest BCUT2D eigenvalue weighted by Gasteiger charge is -2.35. The molecule has 0 bridgehead atoms.